The molecular weight excluding hydrogens is 300 g/mol. The van der Waals surface area contributed by atoms with Crippen molar-refractivity contribution < 1.29 is 9.25 Å². The second-order valence-corrected chi connectivity index (χ2v) is 5.33. The number of amidine groups is 1. The van der Waals surface area contributed by atoms with E-state index in [1.165, 1.54) is 0 Å². The molecule has 0 bridgehead atoms. The number of oxime groups is 1. The van der Waals surface area contributed by atoms with Gasteiger partial charge in [-0.1, -0.05) is 23.4 Å². The SMILES string of the molecule is CC(ON=C(N)c1ccsc1)c1nnc(-c2ccccc2)o1. The van der Waals surface area contributed by atoms with E-state index in [0.717, 1.165) is 11.1 Å². The maximum Gasteiger partial charge on any atom is 0.259 e. The van der Waals surface area contributed by atoms with Crippen LogP contribution < -0.4 is 5.73 Å². The van der Waals surface area contributed by atoms with E-state index < -0.39 is 6.10 Å². The fourth-order valence-corrected chi connectivity index (χ4v) is 2.39. The van der Waals surface area contributed by atoms with E-state index in [-0.39, 0.29) is 0 Å². The van der Waals surface area contributed by atoms with Gasteiger partial charge in [0.15, 0.2) is 5.84 Å². The van der Waals surface area contributed by atoms with Gasteiger partial charge in [-0.15, -0.1) is 10.2 Å². The van der Waals surface area contributed by atoms with Crippen molar-refractivity contribution >= 4 is 17.2 Å². The van der Waals surface area contributed by atoms with Crippen LogP contribution in [-0.4, -0.2) is 16.0 Å². The van der Waals surface area contributed by atoms with Gasteiger partial charge in [0.1, 0.15) is 0 Å². The molecule has 2 aromatic heterocycles. The molecule has 6 nitrogen and oxygen atoms in total. The van der Waals surface area contributed by atoms with Gasteiger partial charge in [-0.05, 0) is 30.5 Å². The molecule has 0 aliphatic heterocycles. The molecule has 0 aliphatic carbocycles. The molecule has 0 spiro atoms. The van der Waals surface area contributed by atoms with E-state index in [0.29, 0.717) is 17.6 Å². The van der Waals surface area contributed by atoms with Gasteiger partial charge in [0.2, 0.25) is 12.0 Å². The summed E-state index contributed by atoms with van der Waals surface area (Å²) >= 11 is 1.54. The van der Waals surface area contributed by atoms with Gasteiger partial charge in [-0.3, -0.25) is 0 Å². The second kappa shape index (κ2) is 6.40. The van der Waals surface area contributed by atoms with Crippen molar-refractivity contribution in [1.82, 2.24) is 10.2 Å². The highest BCUT2D eigenvalue weighted by molar-refractivity contribution is 7.08. The molecule has 3 aromatic rings. The lowest BCUT2D eigenvalue weighted by Crippen LogP contribution is -2.13. The summed E-state index contributed by atoms with van der Waals surface area (Å²) in [5, 5.41) is 15.7. The zero-order valence-corrected chi connectivity index (χ0v) is 12.7. The predicted molar refractivity (Wildman–Crippen MR) is 84.3 cm³/mol. The summed E-state index contributed by atoms with van der Waals surface area (Å²) in [4.78, 5) is 5.33. The first-order valence-corrected chi connectivity index (χ1v) is 7.59. The fourth-order valence-electron chi connectivity index (χ4n) is 1.74. The van der Waals surface area contributed by atoms with Gasteiger partial charge in [0, 0.05) is 16.5 Å². The van der Waals surface area contributed by atoms with Gasteiger partial charge in [0.25, 0.3) is 5.89 Å². The zero-order valence-electron chi connectivity index (χ0n) is 11.8. The Morgan fingerprint density at radius 1 is 1.27 bits per heavy atom. The van der Waals surface area contributed by atoms with Crippen molar-refractivity contribution in [2.45, 2.75) is 13.0 Å². The highest BCUT2D eigenvalue weighted by Crippen LogP contribution is 2.22. The first-order chi connectivity index (χ1) is 10.7. The van der Waals surface area contributed by atoms with Crippen LogP contribution in [0, 0.1) is 0 Å². The minimum absolute atomic E-state index is 0.316. The lowest BCUT2D eigenvalue weighted by Gasteiger charge is -2.05. The number of thiophene rings is 1. The van der Waals surface area contributed by atoms with Crippen molar-refractivity contribution in [2.24, 2.45) is 10.9 Å². The summed E-state index contributed by atoms with van der Waals surface area (Å²) in [7, 11) is 0. The van der Waals surface area contributed by atoms with Crippen molar-refractivity contribution in [3.05, 3.63) is 58.6 Å². The van der Waals surface area contributed by atoms with E-state index in [1.54, 1.807) is 18.3 Å². The van der Waals surface area contributed by atoms with Crippen LogP contribution in [0.5, 0.6) is 0 Å². The number of hydrogen-bond acceptors (Lipinski definition) is 6. The number of nitrogens with zero attached hydrogens (tertiary/aromatic N) is 3. The smallest absolute Gasteiger partial charge is 0.259 e. The minimum atomic E-state index is -0.484. The Labute approximate surface area is 131 Å². The molecular formula is C15H14N4O2S. The van der Waals surface area contributed by atoms with Gasteiger partial charge < -0.3 is 15.0 Å². The maximum absolute atomic E-state index is 5.83. The van der Waals surface area contributed by atoms with Crippen molar-refractivity contribution in [3.8, 4) is 11.5 Å². The average Bonchev–Trinajstić information content (AvgIpc) is 3.24. The summed E-state index contributed by atoms with van der Waals surface area (Å²) in [6.07, 6.45) is -0.484. The molecule has 22 heavy (non-hydrogen) atoms. The Morgan fingerprint density at radius 3 is 2.82 bits per heavy atom. The van der Waals surface area contributed by atoms with Gasteiger partial charge in [-0.25, -0.2) is 0 Å². The number of hydrogen-bond donors (Lipinski definition) is 1. The van der Waals surface area contributed by atoms with Gasteiger partial charge in [0.05, 0.1) is 0 Å². The zero-order chi connectivity index (χ0) is 15.4. The molecule has 3 rings (SSSR count). The van der Waals surface area contributed by atoms with Crippen LogP contribution in [0.25, 0.3) is 11.5 Å². The molecule has 2 heterocycles. The van der Waals surface area contributed by atoms with Crippen LogP contribution >= 0.6 is 11.3 Å². The monoisotopic (exact) mass is 314 g/mol. The lowest BCUT2D eigenvalue weighted by molar-refractivity contribution is 0.0527. The van der Waals surface area contributed by atoms with Crippen molar-refractivity contribution in [1.29, 1.82) is 0 Å². The van der Waals surface area contributed by atoms with E-state index in [1.807, 2.05) is 47.2 Å². The number of rotatable bonds is 5. The highest BCUT2D eigenvalue weighted by Gasteiger charge is 2.16. The number of nitrogens with two attached hydrogens (primary N) is 1. The fraction of sp³-hybridized carbons (Fsp3) is 0.133. The molecule has 7 heteroatoms. The van der Waals surface area contributed by atoms with Crippen LogP contribution in [0.4, 0.5) is 0 Å². The van der Waals surface area contributed by atoms with Gasteiger partial charge in [-0.2, -0.15) is 11.3 Å². The molecule has 112 valence electrons. The second-order valence-electron chi connectivity index (χ2n) is 4.55. The summed E-state index contributed by atoms with van der Waals surface area (Å²) < 4.78 is 5.60. The Kier molecular flexibility index (Phi) is 4.15. The first kappa shape index (κ1) is 14.3. The third-order valence-corrected chi connectivity index (χ3v) is 3.62. The highest BCUT2D eigenvalue weighted by atomic mass is 32.1. The molecule has 0 saturated carbocycles. The van der Waals surface area contributed by atoms with E-state index >= 15 is 0 Å². The molecule has 1 aromatic carbocycles. The summed E-state index contributed by atoms with van der Waals surface area (Å²) in [6.45, 7) is 1.77. The summed E-state index contributed by atoms with van der Waals surface area (Å²) in [5.74, 6) is 1.11. The summed E-state index contributed by atoms with van der Waals surface area (Å²) in [6, 6.07) is 11.4. The standard InChI is InChI=1S/C15H14N4O2S/c1-10(21-19-13(16)12-7-8-22-9-12)14-17-18-15(20-14)11-5-3-2-4-6-11/h2-10H,1H3,(H2,16,19). The third kappa shape index (κ3) is 3.15. The largest absolute Gasteiger partial charge is 0.417 e. The Bertz CT molecular complexity index is 753. The molecule has 1 unspecified atom stereocenters. The van der Waals surface area contributed by atoms with Crippen LogP contribution in [0.2, 0.25) is 0 Å². The van der Waals surface area contributed by atoms with Crippen LogP contribution in [0.3, 0.4) is 0 Å². The molecule has 2 N–H and O–H groups in total. The Balaban J connectivity index is 1.70. The van der Waals surface area contributed by atoms with E-state index in [4.69, 9.17) is 15.0 Å². The summed E-state index contributed by atoms with van der Waals surface area (Å²) in [5.41, 5.74) is 7.51. The predicted octanol–water partition coefficient (Wildman–Crippen LogP) is 3.20. The quantitative estimate of drug-likeness (QED) is 0.444. The number of benzene rings is 1. The average molecular weight is 314 g/mol. The Hall–Kier alpha value is -2.67. The maximum atomic E-state index is 5.83. The number of aromatic nitrogens is 2. The Morgan fingerprint density at radius 2 is 2.09 bits per heavy atom. The molecule has 0 radical (unpaired) electrons. The van der Waals surface area contributed by atoms with Crippen molar-refractivity contribution in [2.75, 3.05) is 0 Å². The van der Waals surface area contributed by atoms with Crippen LogP contribution in [-0.2, 0) is 4.84 Å². The molecule has 0 amide bonds. The molecule has 0 aliphatic rings. The van der Waals surface area contributed by atoms with E-state index in [2.05, 4.69) is 15.4 Å². The van der Waals surface area contributed by atoms with Crippen LogP contribution in [0.1, 0.15) is 24.5 Å². The minimum Gasteiger partial charge on any atom is -0.417 e. The molecule has 1 atom stereocenters. The molecule has 0 fully saturated rings. The van der Waals surface area contributed by atoms with Crippen molar-refractivity contribution in [3.63, 3.8) is 0 Å². The normalized spacial score (nSPS) is 13.0. The van der Waals surface area contributed by atoms with Crippen LogP contribution in [0.15, 0.2) is 56.7 Å². The van der Waals surface area contributed by atoms with Gasteiger partial charge >= 0.3 is 0 Å². The molecule has 0 saturated heterocycles. The first-order valence-electron chi connectivity index (χ1n) is 6.64. The van der Waals surface area contributed by atoms with E-state index in [9.17, 15) is 0 Å². The topological polar surface area (TPSA) is 86.5 Å². The lowest BCUT2D eigenvalue weighted by atomic mass is 10.2. The third-order valence-electron chi connectivity index (χ3n) is 2.94.